The Morgan fingerprint density at radius 2 is 1.89 bits per heavy atom. The monoisotopic (exact) mass is 256 g/mol. The molecule has 1 unspecified atom stereocenters. The van der Waals surface area contributed by atoms with Crippen LogP contribution in [0.2, 0.25) is 0 Å². The van der Waals surface area contributed by atoms with E-state index in [-0.39, 0.29) is 18.6 Å². The molecule has 2 fully saturated rings. The zero-order chi connectivity index (χ0) is 13.0. The number of rotatable bonds is 3. The van der Waals surface area contributed by atoms with Crippen molar-refractivity contribution in [2.75, 3.05) is 46.0 Å². The van der Waals surface area contributed by atoms with Crippen LogP contribution < -0.4 is 0 Å². The quantitative estimate of drug-likeness (QED) is 0.768. The van der Waals surface area contributed by atoms with Gasteiger partial charge < -0.3 is 14.7 Å². The number of aliphatic hydroxyl groups excluding tert-OH is 1. The average molecular weight is 256 g/mol. The van der Waals surface area contributed by atoms with Crippen molar-refractivity contribution in [1.82, 2.24) is 9.80 Å². The van der Waals surface area contributed by atoms with Gasteiger partial charge in [0.05, 0.1) is 19.3 Å². The Hall–Kier alpha value is -0.650. The summed E-state index contributed by atoms with van der Waals surface area (Å²) in [7, 11) is 0. The van der Waals surface area contributed by atoms with Gasteiger partial charge in [0.15, 0.2) is 0 Å². The lowest BCUT2D eigenvalue weighted by atomic mass is 9.96. The molecule has 2 heterocycles. The van der Waals surface area contributed by atoms with Gasteiger partial charge in [-0.2, -0.15) is 0 Å². The molecule has 104 valence electrons. The van der Waals surface area contributed by atoms with Gasteiger partial charge in [-0.15, -0.1) is 0 Å². The second kappa shape index (κ2) is 6.50. The van der Waals surface area contributed by atoms with Crippen LogP contribution >= 0.6 is 0 Å². The molecule has 2 aliphatic heterocycles. The van der Waals surface area contributed by atoms with Crippen LogP contribution in [0.25, 0.3) is 0 Å². The maximum Gasteiger partial charge on any atom is 0.239 e. The lowest BCUT2D eigenvalue weighted by Crippen LogP contribution is -2.52. The van der Waals surface area contributed by atoms with Gasteiger partial charge in [-0.3, -0.25) is 9.69 Å². The Bertz CT molecular complexity index is 271. The van der Waals surface area contributed by atoms with Crippen LogP contribution in [-0.4, -0.2) is 72.9 Å². The van der Waals surface area contributed by atoms with Gasteiger partial charge in [-0.1, -0.05) is 0 Å². The zero-order valence-electron chi connectivity index (χ0n) is 11.2. The van der Waals surface area contributed by atoms with Crippen molar-refractivity contribution in [1.29, 1.82) is 0 Å². The fourth-order valence-electron chi connectivity index (χ4n) is 2.73. The van der Waals surface area contributed by atoms with E-state index in [1.54, 1.807) is 0 Å². The molecule has 2 aliphatic rings. The van der Waals surface area contributed by atoms with Gasteiger partial charge in [0.25, 0.3) is 0 Å². The Morgan fingerprint density at radius 1 is 1.28 bits per heavy atom. The molecule has 5 heteroatoms. The maximum absolute atomic E-state index is 12.3. The largest absolute Gasteiger partial charge is 0.396 e. The molecule has 0 spiro atoms. The van der Waals surface area contributed by atoms with Crippen molar-refractivity contribution in [3.8, 4) is 0 Å². The fraction of sp³-hybridized carbons (Fsp3) is 0.923. The minimum atomic E-state index is -0.0391. The molecule has 2 saturated heterocycles. The third-order valence-corrected chi connectivity index (χ3v) is 4.14. The molecule has 1 amide bonds. The van der Waals surface area contributed by atoms with Crippen LogP contribution in [0.1, 0.15) is 19.8 Å². The van der Waals surface area contributed by atoms with E-state index in [2.05, 4.69) is 4.90 Å². The van der Waals surface area contributed by atoms with Gasteiger partial charge >= 0.3 is 0 Å². The molecule has 1 atom stereocenters. The molecule has 18 heavy (non-hydrogen) atoms. The Balaban J connectivity index is 1.83. The smallest absolute Gasteiger partial charge is 0.239 e. The van der Waals surface area contributed by atoms with Crippen molar-refractivity contribution in [3.05, 3.63) is 0 Å². The Morgan fingerprint density at radius 3 is 2.44 bits per heavy atom. The van der Waals surface area contributed by atoms with Crippen LogP contribution in [0.15, 0.2) is 0 Å². The van der Waals surface area contributed by atoms with E-state index in [0.717, 1.165) is 39.0 Å². The third kappa shape index (κ3) is 3.22. The molecule has 1 N–H and O–H groups in total. The van der Waals surface area contributed by atoms with E-state index in [4.69, 9.17) is 9.84 Å². The second-order valence-electron chi connectivity index (χ2n) is 5.28. The summed E-state index contributed by atoms with van der Waals surface area (Å²) in [5.41, 5.74) is 0. The number of hydrogen-bond donors (Lipinski definition) is 1. The van der Waals surface area contributed by atoms with Gasteiger partial charge in [-0.05, 0) is 38.8 Å². The fourth-order valence-corrected chi connectivity index (χ4v) is 2.73. The number of carbonyl (C=O) groups is 1. The highest BCUT2D eigenvalue weighted by molar-refractivity contribution is 5.81. The van der Waals surface area contributed by atoms with Gasteiger partial charge in [0, 0.05) is 19.7 Å². The molecule has 0 saturated carbocycles. The number of likely N-dealkylation sites (tertiary alicyclic amines) is 1. The first-order valence-electron chi connectivity index (χ1n) is 6.94. The van der Waals surface area contributed by atoms with E-state index in [1.807, 2.05) is 11.8 Å². The number of amides is 1. The lowest BCUT2D eigenvalue weighted by Gasteiger charge is -2.37. The first-order chi connectivity index (χ1) is 8.72. The number of hydrogen-bond acceptors (Lipinski definition) is 4. The van der Waals surface area contributed by atoms with E-state index in [0.29, 0.717) is 19.1 Å². The van der Waals surface area contributed by atoms with Gasteiger partial charge in [0.1, 0.15) is 0 Å². The summed E-state index contributed by atoms with van der Waals surface area (Å²) >= 11 is 0. The second-order valence-corrected chi connectivity index (χ2v) is 5.28. The lowest BCUT2D eigenvalue weighted by molar-refractivity contribution is -0.141. The summed E-state index contributed by atoms with van der Waals surface area (Å²) in [6.07, 6.45) is 1.99. The number of nitrogens with zero attached hydrogens (tertiary/aromatic N) is 2. The van der Waals surface area contributed by atoms with E-state index in [9.17, 15) is 4.79 Å². The molecular weight excluding hydrogens is 232 g/mol. The van der Waals surface area contributed by atoms with Crippen molar-refractivity contribution < 1.29 is 14.6 Å². The predicted octanol–water partition coefficient (Wildman–Crippen LogP) is -0.0620. The van der Waals surface area contributed by atoms with Crippen LogP contribution in [0.3, 0.4) is 0 Å². The van der Waals surface area contributed by atoms with Crippen molar-refractivity contribution >= 4 is 5.91 Å². The number of carbonyl (C=O) groups excluding carboxylic acids is 1. The van der Waals surface area contributed by atoms with E-state index < -0.39 is 0 Å². The molecule has 0 bridgehead atoms. The van der Waals surface area contributed by atoms with Crippen LogP contribution in [0.4, 0.5) is 0 Å². The minimum absolute atomic E-state index is 0.0391. The molecular formula is C13H24N2O3. The third-order valence-electron chi connectivity index (χ3n) is 4.14. The summed E-state index contributed by atoms with van der Waals surface area (Å²) in [5, 5.41) is 9.12. The van der Waals surface area contributed by atoms with E-state index >= 15 is 0 Å². The first-order valence-corrected chi connectivity index (χ1v) is 6.94. The normalized spacial score (nSPS) is 25.1. The van der Waals surface area contributed by atoms with Crippen molar-refractivity contribution in [3.63, 3.8) is 0 Å². The molecule has 0 aromatic carbocycles. The summed E-state index contributed by atoms with van der Waals surface area (Å²) in [5.74, 6) is 0.646. The summed E-state index contributed by atoms with van der Waals surface area (Å²) in [4.78, 5) is 16.5. The molecule has 0 radical (unpaired) electrons. The SMILES string of the molecule is CC(C(=O)N1CCOCC1)N1CCC(CO)CC1. The maximum atomic E-state index is 12.3. The van der Waals surface area contributed by atoms with Gasteiger partial charge in [-0.25, -0.2) is 0 Å². The van der Waals surface area contributed by atoms with Crippen LogP contribution in [-0.2, 0) is 9.53 Å². The molecule has 0 aromatic heterocycles. The highest BCUT2D eigenvalue weighted by atomic mass is 16.5. The molecule has 0 aliphatic carbocycles. The predicted molar refractivity (Wildman–Crippen MR) is 68.2 cm³/mol. The zero-order valence-corrected chi connectivity index (χ0v) is 11.2. The number of aliphatic hydroxyl groups is 1. The average Bonchev–Trinajstić information content (AvgIpc) is 2.47. The highest BCUT2D eigenvalue weighted by Crippen LogP contribution is 2.19. The van der Waals surface area contributed by atoms with Gasteiger partial charge in [0.2, 0.25) is 5.91 Å². The minimum Gasteiger partial charge on any atom is -0.396 e. The van der Waals surface area contributed by atoms with Crippen molar-refractivity contribution in [2.24, 2.45) is 5.92 Å². The molecule has 5 nitrogen and oxygen atoms in total. The van der Waals surface area contributed by atoms with Crippen molar-refractivity contribution in [2.45, 2.75) is 25.8 Å². The molecule has 0 aromatic rings. The number of piperidine rings is 1. The summed E-state index contributed by atoms with van der Waals surface area (Å²) in [6, 6.07) is -0.0391. The Labute approximate surface area is 109 Å². The summed E-state index contributed by atoms with van der Waals surface area (Å²) in [6.45, 7) is 6.87. The number of ether oxygens (including phenoxy) is 1. The number of morpholine rings is 1. The summed E-state index contributed by atoms with van der Waals surface area (Å²) < 4.78 is 5.27. The van der Waals surface area contributed by atoms with E-state index in [1.165, 1.54) is 0 Å². The van der Waals surface area contributed by atoms with Crippen LogP contribution in [0.5, 0.6) is 0 Å². The Kier molecular flexibility index (Phi) is 4.97. The standard InChI is InChI=1S/C13H24N2O3/c1-11(13(17)15-6-8-18-9-7-15)14-4-2-12(10-16)3-5-14/h11-12,16H,2-10H2,1H3. The topological polar surface area (TPSA) is 53.0 Å². The molecule has 2 rings (SSSR count). The van der Waals surface area contributed by atoms with Crippen LogP contribution in [0, 0.1) is 5.92 Å². The highest BCUT2D eigenvalue weighted by Gasteiger charge is 2.29. The first kappa shape index (κ1) is 13.8.